The fourth-order valence-corrected chi connectivity index (χ4v) is 1.09. The lowest BCUT2D eigenvalue weighted by atomic mass is 10.0. The summed E-state index contributed by atoms with van der Waals surface area (Å²) in [6.45, 7) is 2.13. The molecule has 0 bridgehead atoms. The molecule has 1 aliphatic carbocycles. The van der Waals surface area contributed by atoms with Gasteiger partial charge in [-0.05, 0) is 19.3 Å². The van der Waals surface area contributed by atoms with Crippen molar-refractivity contribution < 1.29 is 4.79 Å². The zero-order chi connectivity index (χ0) is 6.04. The Morgan fingerprint density at radius 3 is 2.38 bits per heavy atom. The van der Waals surface area contributed by atoms with Crippen molar-refractivity contribution in [2.24, 2.45) is 5.41 Å². The molecule has 0 atom stereocenters. The number of aldehydes is 1. The minimum absolute atomic E-state index is 0.161. The summed E-state index contributed by atoms with van der Waals surface area (Å²) >= 11 is 0. The summed E-state index contributed by atoms with van der Waals surface area (Å²) in [5.41, 5.74) is 0.161. The molecule has 0 radical (unpaired) electrons. The largest absolute Gasteiger partial charge is 0.303 e. The van der Waals surface area contributed by atoms with E-state index < -0.39 is 0 Å². The van der Waals surface area contributed by atoms with E-state index in [-0.39, 0.29) is 5.41 Å². The van der Waals surface area contributed by atoms with Crippen molar-refractivity contribution in [2.75, 3.05) is 0 Å². The van der Waals surface area contributed by atoms with E-state index in [2.05, 4.69) is 6.92 Å². The van der Waals surface area contributed by atoms with E-state index in [1.54, 1.807) is 0 Å². The maximum atomic E-state index is 10.3. The number of rotatable bonds is 3. The Hall–Kier alpha value is -0.330. The highest BCUT2D eigenvalue weighted by atomic mass is 16.1. The molecule has 0 aliphatic heterocycles. The van der Waals surface area contributed by atoms with E-state index in [0.29, 0.717) is 0 Å². The van der Waals surface area contributed by atoms with Crippen molar-refractivity contribution in [3.63, 3.8) is 0 Å². The van der Waals surface area contributed by atoms with E-state index in [0.717, 1.165) is 32.0 Å². The standard InChI is InChI=1S/C7H12O/c1-2-3-7(6-8)4-5-7/h6H,2-5H2,1H3. The molecule has 0 amide bonds. The predicted octanol–water partition coefficient (Wildman–Crippen LogP) is 1.77. The molecule has 0 aromatic rings. The van der Waals surface area contributed by atoms with Gasteiger partial charge in [0.25, 0.3) is 0 Å². The Morgan fingerprint density at radius 1 is 1.62 bits per heavy atom. The first-order valence-electron chi connectivity index (χ1n) is 3.29. The predicted molar refractivity (Wildman–Crippen MR) is 32.6 cm³/mol. The van der Waals surface area contributed by atoms with Crippen molar-refractivity contribution in [2.45, 2.75) is 32.6 Å². The van der Waals surface area contributed by atoms with Crippen molar-refractivity contribution in [1.82, 2.24) is 0 Å². The molecule has 1 aliphatic rings. The molecule has 0 saturated heterocycles. The molecule has 0 heterocycles. The first-order valence-corrected chi connectivity index (χ1v) is 3.29. The van der Waals surface area contributed by atoms with E-state index >= 15 is 0 Å². The van der Waals surface area contributed by atoms with Gasteiger partial charge in [0.2, 0.25) is 0 Å². The summed E-state index contributed by atoms with van der Waals surface area (Å²) < 4.78 is 0. The van der Waals surface area contributed by atoms with Crippen LogP contribution in [-0.4, -0.2) is 6.29 Å². The average Bonchev–Trinajstić information content (AvgIpc) is 2.50. The summed E-state index contributed by atoms with van der Waals surface area (Å²) in [6, 6.07) is 0. The van der Waals surface area contributed by atoms with Crippen molar-refractivity contribution in [3.8, 4) is 0 Å². The van der Waals surface area contributed by atoms with Gasteiger partial charge in [-0.3, -0.25) is 0 Å². The van der Waals surface area contributed by atoms with Crippen LogP contribution in [0.1, 0.15) is 32.6 Å². The van der Waals surface area contributed by atoms with Crippen molar-refractivity contribution in [3.05, 3.63) is 0 Å². The molecule has 1 saturated carbocycles. The molecule has 0 aromatic heterocycles. The van der Waals surface area contributed by atoms with Crippen LogP contribution in [0.2, 0.25) is 0 Å². The van der Waals surface area contributed by atoms with Crippen molar-refractivity contribution in [1.29, 1.82) is 0 Å². The number of hydrogen-bond acceptors (Lipinski definition) is 1. The quantitative estimate of drug-likeness (QED) is 0.508. The first-order chi connectivity index (χ1) is 3.83. The highest BCUT2D eigenvalue weighted by Gasteiger charge is 2.40. The van der Waals surface area contributed by atoms with E-state index in [1.807, 2.05) is 0 Å². The van der Waals surface area contributed by atoms with Gasteiger partial charge in [0, 0.05) is 5.41 Å². The lowest BCUT2D eigenvalue weighted by molar-refractivity contribution is -0.112. The number of carbonyl (C=O) groups excluding carboxylic acids is 1. The third-order valence-corrected chi connectivity index (χ3v) is 1.89. The van der Waals surface area contributed by atoms with Gasteiger partial charge < -0.3 is 4.79 Å². The minimum atomic E-state index is 0.161. The number of hydrogen-bond donors (Lipinski definition) is 0. The molecule has 0 spiro atoms. The average molecular weight is 112 g/mol. The zero-order valence-electron chi connectivity index (χ0n) is 5.31. The molecule has 0 N–H and O–H groups in total. The Bertz CT molecular complexity index is 92.6. The van der Waals surface area contributed by atoms with Gasteiger partial charge in [0.1, 0.15) is 6.29 Å². The van der Waals surface area contributed by atoms with Gasteiger partial charge in [0.15, 0.2) is 0 Å². The fourth-order valence-electron chi connectivity index (χ4n) is 1.09. The Balaban J connectivity index is 2.30. The van der Waals surface area contributed by atoms with Crippen LogP contribution in [0.25, 0.3) is 0 Å². The van der Waals surface area contributed by atoms with Crippen LogP contribution in [0.4, 0.5) is 0 Å². The van der Waals surface area contributed by atoms with Gasteiger partial charge in [-0.1, -0.05) is 13.3 Å². The number of carbonyl (C=O) groups is 1. The lowest BCUT2D eigenvalue weighted by Gasteiger charge is -2.00. The van der Waals surface area contributed by atoms with E-state index in [9.17, 15) is 4.79 Å². The Kier molecular flexibility index (Phi) is 1.37. The zero-order valence-corrected chi connectivity index (χ0v) is 5.31. The van der Waals surface area contributed by atoms with E-state index in [4.69, 9.17) is 0 Å². The topological polar surface area (TPSA) is 17.1 Å². The van der Waals surface area contributed by atoms with Crippen LogP contribution >= 0.6 is 0 Å². The molecule has 0 aromatic carbocycles. The van der Waals surface area contributed by atoms with Crippen LogP contribution in [0.15, 0.2) is 0 Å². The van der Waals surface area contributed by atoms with Gasteiger partial charge in [-0.15, -0.1) is 0 Å². The molecule has 1 nitrogen and oxygen atoms in total. The molecular formula is C7H12O. The summed E-state index contributed by atoms with van der Waals surface area (Å²) in [4.78, 5) is 10.3. The third kappa shape index (κ3) is 0.908. The van der Waals surface area contributed by atoms with Crippen molar-refractivity contribution >= 4 is 6.29 Å². The van der Waals surface area contributed by atoms with Crippen LogP contribution in [0, 0.1) is 5.41 Å². The minimum Gasteiger partial charge on any atom is -0.303 e. The van der Waals surface area contributed by atoms with Gasteiger partial charge >= 0.3 is 0 Å². The summed E-state index contributed by atoms with van der Waals surface area (Å²) in [6.07, 6.45) is 5.68. The summed E-state index contributed by atoms with van der Waals surface area (Å²) in [5.74, 6) is 0. The molecule has 46 valence electrons. The maximum absolute atomic E-state index is 10.3. The summed E-state index contributed by atoms with van der Waals surface area (Å²) in [7, 11) is 0. The Labute approximate surface area is 50.1 Å². The SMILES string of the molecule is CCCC1(C=O)CC1. The fraction of sp³-hybridized carbons (Fsp3) is 0.857. The van der Waals surface area contributed by atoms with Gasteiger partial charge in [0.05, 0.1) is 0 Å². The molecule has 8 heavy (non-hydrogen) atoms. The molecular weight excluding hydrogens is 100 g/mol. The highest BCUT2D eigenvalue weighted by molar-refractivity contribution is 5.63. The van der Waals surface area contributed by atoms with E-state index in [1.165, 1.54) is 0 Å². The van der Waals surface area contributed by atoms with Crippen LogP contribution < -0.4 is 0 Å². The second kappa shape index (κ2) is 1.88. The monoisotopic (exact) mass is 112 g/mol. The van der Waals surface area contributed by atoms with Crippen LogP contribution in [0.5, 0.6) is 0 Å². The smallest absolute Gasteiger partial charge is 0.126 e. The second-order valence-electron chi connectivity index (χ2n) is 2.73. The van der Waals surface area contributed by atoms with Gasteiger partial charge in [-0.2, -0.15) is 0 Å². The molecule has 0 unspecified atom stereocenters. The normalized spacial score (nSPS) is 22.6. The highest BCUT2D eigenvalue weighted by Crippen LogP contribution is 2.47. The van der Waals surface area contributed by atoms with Gasteiger partial charge in [-0.25, -0.2) is 0 Å². The Morgan fingerprint density at radius 2 is 2.25 bits per heavy atom. The molecule has 1 heteroatoms. The van der Waals surface area contributed by atoms with Crippen LogP contribution in [-0.2, 0) is 4.79 Å². The maximum Gasteiger partial charge on any atom is 0.126 e. The lowest BCUT2D eigenvalue weighted by Crippen LogP contribution is -1.99. The summed E-state index contributed by atoms with van der Waals surface area (Å²) in [5, 5.41) is 0. The van der Waals surface area contributed by atoms with Crippen LogP contribution in [0.3, 0.4) is 0 Å². The second-order valence-corrected chi connectivity index (χ2v) is 2.73. The third-order valence-electron chi connectivity index (χ3n) is 1.89. The molecule has 1 fully saturated rings. The molecule has 1 rings (SSSR count). The first kappa shape index (κ1) is 5.80.